The van der Waals surface area contributed by atoms with Crippen LogP contribution in [0.25, 0.3) is 0 Å². The number of ether oxygens (including phenoxy) is 1. The second-order valence-corrected chi connectivity index (χ2v) is 8.09. The van der Waals surface area contributed by atoms with E-state index in [9.17, 15) is 8.42 Å². The third-order valence-corrected chi connectivity index (χ3v) is 5.56. The first-order valence-corrected chi connectivity index (χ1v) is 9.25. The molecule has 1 aliphatic heterocycles. The first kappa shape index (κ1) is 18.8. The number of rotatable bonds is 9. The van der Waals surface area contributed by atoms with Gasteiger partial charge in [-0.15, -0.1) is 0 Å². The third kappa shape index (κ3) is 6.61. The largest absolute Gasteiger partial charge is 0.377 e. The highest BCUT2D eigenvalue weighted by Crippen LogP contribution is 2.18. The molecule has 0 atom stereocenters. The maximum atomic E-state index is 12.3. The highest BCUT2D eigenvalue weighted by Gasteiger charge is 2.29. The summed E-state index contributed by atoms with van der Waals surface area (Å²) in [6, 6.07) is 0. The van der Waals surface area contributed by atoms with Crippen molar-refractivity contribution in [3.63, 3.8) is 0 Å². The molecule has 6 nitrogen and oxygen atoms in total. The first-order chi connectivity index (χ1) is 9.80. The van der Waals surface area contributed by atoms with Gasteiger partial charge >= 0.3 is 0 Å². The highest BCUT2D eigenvalue weighted by molar-refractivity contribution is 7.87. The van der Waals surface area contributed by atoms with Crippen LogP contribution >= 0.6 is 0 Å². The monoisotopic (exact) mass is 321 g/mol. The maximum Gasteiger partial charge on any atom is 0.279 e. The van der Waals surface area contributed by atoms with Gasteiger partial charge in [-0.2, -0.15) is 17.4 Å². The summed E-state index contributed by atoms with van der Waals surface area (Å²) in [7, 11) is -1.81. The molecular formula is C14H31N3O3S. The SMILES string of the molecule is CCCNCC1CCN(S(=O)(=O)NCC(C)(C)OC)CC1. The van der Waals surface area contributed by atoms with Gasteiger partial charge in [0.1, 0.15) is 0 Å². The van der Waals surface area contributed by atoms with Gasteiger partial charge in [0.05, 0.1) is 5.60 Å². The Morgan fingerprint density at radius 2 is 1.90 bits per heavy atom. The summed E-state index contributed by atoms with van der Waals surface area (Å²) in [5, 5.41) is 3.41. The Hall–Kier alpha value is -0.210. The molecule has 7 heteroatoms. The lowest BCUT2D eigenvalue weighted by Crippen LogP contribution is -2.49. The van der Waals surface area contributed by atoms with E-state index in [1.165, 1.54) is 0 Å². The van der Waals surface area contributed by atoms with Gasteiger partial charge in [-0.3, -0.25) is 0 Å². The van der Waals surface area contributed by atoms with Crippen LogP contribution in [-0.2, 0) is 14.9 Å². The van der Waals surface area contributed by atoms with Crippen LogP contribution in [0.5, 0.6) is 0 Å². The van der Waals surface area contributed by atoms with Crippen molar-refractivity contribution in [3.8, 4) is 0 Å². The van der Waals surface area contributed by atoms with Crippen molar-refractivity contribution in [2.24, 2.45) is 5.92 Å². The van der Waals surface area contributed by atoms with E-state index in [0.29, 0.717) is 19.0 Å². The Bertz CT molecular complexity index is 390. The zero-order valence-corrected chi connectivity index (χ0v) is 14.6. The number of methoxy groups -OCH3 is 1. The van der Waals surface area contributed by atoms with E-state index in [4.69, 9.17) is 4.74 Å². The minimum atomic E-state index is -3.39. The lowest BCUT2D eigenvalue weighted by molar-refractivity contribution is 0.0272. The van der Waals surface area contributed by atoms with Gasteiger partial charge in [-0.25, -0.2) is 0 Å². The second kappa shape index (κ2) is 8.43. The molecule has 0 aromatic rings. The Labute approximate surface area is 129 Å². The molecule has 0 aromatic heterocycles. The topological polar surface area (TPSA) is 70.7 Å². The fraction of sp³-hybridized carbons (Fsp3) is 1.00. The molecule has 1 heterocycles. The van der Waals surface area contributed by atoms with Crippen LogP contribution in [-0.4, -0.2) is 58.2 Å². The van der Waals surface area contributed by atoms with Gasteiger partial charge in [0.15, 0.2) is 0 Å². The average molecular weight is 321 g/mol. The summed E-state index contributed by atoms with van der Waals surface area (Å²) >= 11 is 0. The van der Waals surface area contributed by atoms with Gasteiger partial charge in [0.2, 0.25) is 0 Å². The minimum absolute atomic E-state index is 0.282. The molecule has 1 fully saturated rings. The molecule has 1 rings (SSSR count). The van der Waals surface area contributed by atoms with Crippen molar-refractivity contribution in [1.82, 2.24) is 14.3 Å². The van der Waals surface area contributed by atoms with Crippen LogP contribution in [0.4, 0.5) is 0 Å². The van der Waals surface area contributed by atoms with Crippen molar-refractivity contribution in [2.45, 2.75) is 45.6 Å². The first-order valence-electron chi connectivity index (χ1n) is 7.81. The van der Waals surface area contributed by atoms with Crippen LogP contribution in [0.1, 0.15) is 40.0 Å². The maximum absolute atomic E-state index is 12.3. The van der Waals surface area contributed by atoms with Crippen molar-refractivity contribution in [2.75, 3.05) is 39.8 Å². The Kier molecular flexibility index (Phi) is 7.56. The highest BCUT2D eigenvalue weighted by atomic mass is 32.2. The molecule has 1 saturated heterocycles. The minimum Gasteiger partial charge on any atom is -0.377 e. The van der Waals surface area contributed by atoms with Crippen LogP contribution in [0.3, 0.4) is 0 Å². The Morgan fingerprint density at radius 1 is 1.29 bits per heavy atom. The molecular weight excluding hydrogens is 290 g/mol. The molecule has 0 aromatic carbocycles. The number of nitrogens with one attached hydrogen (secondary N) is 2. The number of nitrogens with zero attached hydrogens (tertiary/aromatic N) is 1. The number of hydrogen-bond acceptors (Lipinski definition) is 4. The molecule has 1 aliphatic rings. The molecule has 21 heavy (non-hydrogen) atoms. The molecule has 0 spiro atoms. The quantitative estimate of drug-likeness (QED) is 0.621. The van der Waals surface area contributed by atoms with Crippen molar-refractivity contribution in [3.05, 3.63) is 0 Å². The predicted molar refractivity (Wildman–Crippen MR) is 85.5 cm³/mol. The van der Waals surface area contributed by atoms with Crippen molar-refractivity contribution in [1.29, 1.82) is 0 Å². The summed E-state index contributed by atoms with van der Waals surface area (Å²) < 4.78 is 34.0. The third-order valence-electron chi connectivity index (χ3n) is 4.01. The predicted octanol–water partition coefficient (Wildman–Crippen LogP) is 0.957. The van der Waals surface area contributed by atoms with Crippen LogP contribution in [0, 0.1) is 5.92 Å². The van der Waals surface area contributed by atoms with Crippen LogP contribution in [0.2, 0.25) is 0 Å². The molecule has 0 radical (unpaired) electrons. The van der Waals surface area contributed by atoms with Crippen molar-refractivity contribution < 1.29 is 13.2 Å². The number of piperidine rings is 1. The standard InChI is InChI=1S/C14H31N3O3S/c1-5-8-15-11-13-6-9-17(10-7-13)21(18,19)16-12-14(2,3)20-4/h13,15-16H,5-12H2,1-4H3. The molecule has 0 aliphatic carbocycles. The van der Waals surface area contributed by atoms with E-state index < -0.39 is 15.8 Å². The van der Waals surface area contributed by atoms with Gasteiger partial charge in [-0.1, -0.05) is 6.92 Å². The summed E-state index contributed by atoms with van der Waals surface area (Å²) in [5.74, 6) is 0.582. The van der Waals surface area contributed by atoms with Crippen LogP contribution in [0.15, 0.2) is 0 Å². The van der Waals surface area contributed by atoms with E-state index in [1.807, 2.05) is 13.8 Å². The summed E-state index contributed by atoms with van der Waals surface area (Å²) in [6.07, 6.45) is 2.98. The summed E-state index contributed by atoms with van der Waals surface area (Å²) in [5.41, 5.74) is -0.491. The van der Waals surface area contributed by atoms with Gasteiger partial charge in [0.25, 0.3) is 10.2 Å². The normalized spacial score (nSPS) is 19.0. The molecule has 2 N–H and O–H groups in total. The molecule has 0 bridgehead atoms. The second-order valence-electron chi connectivity index (χ2n) is 6.34. The molecule has 0 unspecified atom stereocenters. The summed E-state index contributed by atoms with van der Waals surface area (Å²) in [4.78, 5) is 0. The van der Waals surface area contributed by atoms with Gasteiger partial charge in [0, 0.05) is 26.7 Å². The zero-order chi connectivity index (χ0) is 15.9. The van der Waals surface area contributed by atoms with E-state index in [0.717, 1.165) is 32.4 Å². The molecule has 0 amide bonds. The Balaban J connectivity index is 2.38. The van der Waals surface area contributed by atoms with E-state index in [2.05, 4.69) is 17.0 Å². The summed E-state index contributed by atoms with van der Waals surface area (Å²) in [6.45, 7) is 9.38. The fourth-order valence-corrected chi connectivity index (χ4v) is 3.67. The van der Waals surface area contributed by atoms with E-state index >= 15 is 0 Å². The molecule has 126 valence electrons. The van der Waals surface area contributed by atoms with Gasteiger partial charge in [-0.05, 0) is 52.1 Å². The van der Waals surface area contributed by atoms with E-state index in [-0.39, 0.29) is 6.54 Å². The number of hydrogen-bond donors (Lipinski definition) is 2. The van der Waals surface area contributed by atoms with E-state index in [1.54, 1.807) is 11.4 Å². The Morgan fingerprint density at radius 3 is 2.43 bits per heavy atom. The lowest BCUT2D eigenvalue weighted by atomic mass is 9.98. The average Bonchev–Trinajstić information content (AvgIpc) is 2.46. The zero-order valence-electron chi connectivity index (χ0n) is 13.8. The van der Waals surface area contributed by atoms with Crippen LogP contribution < -0.4 is 10.0 Å². The smallest absolute Gasteiger partial charge is 0.279 e. The fourth-order valence-electron chi connectivity index (χ4n) is 2.27. The van der Waals surface area contributed by atoms with Crippen molar-refractivity contribution >= 4 is 10.2 Å². The van der Waals surface area contributed by atoms with Gasteiger partial charge < -0.3 is 10.1 Å². The molecule has 0 saturated carbocycles. The lowest BCUT2D eigenvalue weighted by Gasteiger charge is -2.32.